The number of rotatable bonds is 9. The SMILES string of the molecule is Cc1cc(OC[C@H]2OC[C@H](O)[C@@H]2O)cc(C)c1-c1cccc(COc2ccc3c(c2)OCC3CC(=O)O)c1. The Morgan fingerprint density at radius 2 is 1.76 bits per heavy atom. The van der Waals surface area contributed by atoms with Crippen molar-refractivity contribution in [3.8, 4) is 28.4 Å². The highest BCUT2D eigenvalue weighted by molar-refractivity contribution is 5.72. The lowest BCUT2D eigenvalue weighted by Crippen LogP contribution is -2.33. The highest BCUT2D eigenvalue weighted by Crippen LogP contribution is 2.38. The van der Waals surface area contributed by atoms with Gasteiger partial charge in [-0.05, 0) is 65.9 Å². The summed E-state index contributed by atoms with van der Waals surface area (Å²) < 4.78 is 23.0. The van der Waals surface area contributed by atoms with Crippen LogP contribution in [0.25, 0.3) is 11.1 Å². The van der Waals surface area contributed by atoms with E-state index >= 15 is 0 Å². The molecule has 8 nitrogen and oxygen atoms in total. The fraction of sp³-hybridized carbons (Fsp3) is 0.367. The van der Waals surface area contributed by atoms with Crippen LogP contribution in [-0.2, 0) is 16.1 Å². The molecule has 0 saturated carbocycles. The average Bonchev–Trinajstić information content (AvgIpc) is 3.43. The predicted molar refractivity (Wildman–Crippen MR) is 140 cm³/mol. The molecule has 0 radical (unpaired) electrons. The van der Waals surface area contributed by atoms with Gasteiger partial charge in [0.15, 0.2) is 0 Å². The van der Waals surface area contributed by atoms with E-state index in [0.717, 1.165) is 33.4 Å². The Morgan fingerprint density at radius 1 is 0.974 bits per heavy atom. The number of fused-ring (bicyclic) bond motifs is 1. The number of carboxylic acids is 1. The van der Waals surface area contributed by atoms with Crippen LogP contribution in [0.3, 0.4) is 0 Å². The third-order valence-electron chi connectivity index (χ3n) is 7.08. The van der Waals surface area contributed by atoms with Gasteiger partial charge in [0.05, 0.1) is 19.6 Å². The maximum atomic E-state index is 11.1. The van der Waals surface area contributed by atoms with Crippen molar-refractivity contribution in [3.63, 3.8) is 0 Å². The molecule has 0 aliphatic carbocycles. The molecule has 4 atom stereocenters. The zero-order chi connectivity index (χ0) is 26.8. The molecule has 1 fully saturated rings. The van der Waals surface area contributed by atoms with Gasteiger partial charge in [-0.1, -0.05) is 24.3 Å². The van der Waals surface area contributed by atoms with Crippen LogP contribution in [0.4, 0.5) is 0 Å². The van der Waals surface area contributed by atoms with Crippen LogP contribution in [0.2, 0.25) is 0 Å². The number of hydrogen-bond donors (Lipinski definition) is 3. The highest BCUT2D eigenvalue weighted by Gasteiger charge is 2.35. The first kappa shape index (κ1) is 26.0. The zero-order valence-corrected chi connectivity index (χ0v) is 21.4. The zero-order valence-electron chi connectivity index (χ0n) is 21.4. The summed E-state index contributed by atoms with van der Waals surface area (Å²) in [6.45, 7) is 5.09. The normalized spacial score (nSPS) is 22.1. The van der Waals surface area contributed by atoms with E-state index in [4.69, 9.17) is 24.1 Å². The lowest BCUT2D eigenvalue weighted by atomic mass is 9.94. The number of hydrogen-bond acceptors (Lipinski definition) is 7. The van der Waals surface area contributed by atoms with E-state index in [0.29, 0.717) is 30.5 Å². The molecule has 200 valence electrons. The monoisotopic (exact) mass is 520 g/mol. The maximum absolute atomic E-state index is 11.1. The summed E-state index contributed by atoms with van der Waals surface area (Å²) in [5, 5.41) is 28.7. The highest BCUT2D eigenvalue weighted by atomic mass is 16.6. The molecule has 0 aromatic heterocycles. The van der Waals surface area contributed by atoms with Crippen LogP contribution >= 0.6 is 0 Å². The minimum Gasteiger partial charge on any atom is -0.492 e. The maximum Gasteiger partial charge on any atom is 0.304 e. The Hall–Kier alpha value is -3.59. The molecule has 2 aliphatic rings. The van der Waals surface area contributed by atoms with Crippen molar-refractivity contribution in [2.75, 3.05) is 19.8 Å². The van der Waals surface area contributed by atoms with Crippen molar-refractivity contribution < 1.29 is 39.1 Å². The van der Waals surface area contributed by atoms with Gasteiger partial charge in [0.25, 0.3) is 0 Å². The number of aliphatic hydroxyl groups is 2. The largest absolute Gasteiger partial charge is 0.492 e. The molecule has 3 aromatic carbocycles. The van der Waals surface area contributed by atoms with E-state index in [9.17, 15) is 15.0 Å². The molecule has 3 aromatic rings. The van der Waals surface area contributed by atoms with Gasteiger partial charge in [0.1, 0.15) is 48.8 Å². The molecule has 2 aliphatic heterocycles. The standard InChI is InChI=1S/C30H32O8/c1-17-8-23(36-16-27-30(34)25(31)15-38-27)9-18(2)29(17)20-5-3-4-19(10-20)13-35-22-6-7-24-21(11-28(32)33)14-37-26(24)12-22/h3-10,12,21,25,27,30-31,34H,11,13-16H2,1-2H3,(H,32,33)/t21?,25-,27+,30-/m0/s1. The Balaban J connectivity index is 1.25. The average molecular weight is 521 g/mol. The number of benzene rings is 3. The first-order valence-corrected chi connectivity index (χ1v) is 12.7. The van der Waals surface area contributed by atoms with Crippen molar-refractivity contribution in [1.29, 1.82) is 0 Å². The fourth-order valence-corrected chi connectivity index (χ4v) is 5.16. The van der Waals surface area contributed by atoms with Gasteiger partial charge in [0.2, 0.25) is 0 Å². The van der Waals surface area contributed by atoms with Crippen molar-refractivity contribution in [3.05, 3.63) is 76.9 Å². The third kappa shape index (κ3) is 5.62. The predicted octanol–water partition coefficient (Wildman–Crippen LogP) is 4.00. The second kappa shape index (κ2) is 11.0. The quantitative estimate of drug-likeness (QED) is 0.388. The smallest absolute Gasteiger partial charge is 0.304 e. The van der Waals surface area contributed by atoms with Crippen molar-refractivity contribution >= 4 is 5.97 Å². The summed E-state index contributed by atoms with van der Waals surface area (Å²) in [5.74, 6) is 1.07. The Bertz CT molecular complexity index is 1300. The number of aliphatic hydroxyl groups excluding tert-OH is 2. The molecule has 1 saturated heterocycles. The first-order valence-electron chi connectivity index (χ1n) is 12.7. The van der Waals surface area contributed by atoms with E-state index in [1.54, 1.807) is 0 Å². The van der Waals surface area contributed by atoms with Gasteiger partial charge < -0.3 is 34.3 Å². The van der Waals surface area contributed by atoms with Crippen molar-refractivity contribution in [2.45, 2.75) is 51.1 Å². The molecule has 0 amide bonds. The lowest BCUT2D eigenvalue weighted by Gasteiger charge is -2.18. The van der Waals surface area contributed by atoms with Gasteiger partial charge in [-0.3, -0.25) is 4.79 Å². The number of ether oxygens (including phenoxy) is 4. The number of carboxylic acid groups (broad SMARTS) is 1. The molecule has 1 unspecified atom stereocenters. The topological polar surface area (TPSA) is 115 Å². The van der Waals surface area contributed by atoms with Gasteiger partial charge >= 0.3 is 5.97 Å². The Kier molecular flexibility index (Phi) is 7.56. The molecule has 8 heteroatoms. The van der Waals surface area contributed by atoms with Gasteiger partial charge in [-0.15, -0.1) is 0 Å². The van der Waals surface area contributed by atoms with Crippen LogP contribution < -0.4 is 14.2 Å². The van der Waals surface area contributed by atoms with Gasteiger partial charge in [-0.25, -0.2) is 0 Å². The van der Waals surface area contributed by atoms with Crippen LogP contribution in [0.5, 0.6) is 17.2 Å². The summed E-state index contributed by atoms with van der Waals surface area (Å²) >= 11 is 0. The van der Waals surface area contributed by atoms with E-state index in [-0.39, 0.29) is 25.6 Å². The second-order valence-corrected chi connectivity index (χ2v) is 9.97. The molecule has 3 N–H and O–H groups in total. The van der Waals surface area contributed by atoms with E-state index < -0.39 is 24.3 Å². The van der Waals surface area contributed by atoms with E-state index in [2.05, 4.69) is 12.1 Å². The van der Waals surface area contributed by atoms with E-state index in [1.807, 2.05) is 56.3 Å². The number of aryl methyl sites for hydroxylation is 2. The van der Waals surface area contributed by atoms with Crippen LogP contribution in [0.15, 0.2) is 54.6 Å². The van der Waals surface area contributed by atoms with Crippen molar-refractivity contribution in [1.82, 2.24) is 0 Å². The van der Waals surface area contributed by atoms with Crippen LogP contribution in [-0.4, -0.2) is 59.4 Å². The molecule has 0 bridgehead atoms. The van der Waals surface area contributed by atoms with Gasteiger partial charge in [-0.2, -0.15) is 0 Å². The van der Waals surface area contributed by atoms with Crippen LogP contribution in [0, 0.1) is 13.8 Å². The number of carbonyl (C=O) groups is 1. The minimum atomic E-state index is -0.945. The Labute approximate surface area is 221 Å². The molecule has 38 heavy (non-hydrogen) atoms. The van der Waals surface area contributed by atoms with Crippen molar-refractivity contribution in [2.24, 2.45) is 0 Å². The van der Waals surface area contributed by atoms with Gasteiger partial charge in [0, 0.05) is 17.5 Å². The molecular formula is C30H32O8. The molecule has 5 rings (SSSR count). The fourth-order valence-electron chi connectivity index (χ4n) is 5.16. The third-order valence-corrected chi connectivity index (χ3v) is 7.08. The van der Waals surface area contributed by atoms with Crippen LogP contribution in [0.1, 0.15) is 34.6 Å². The Morgan fingerprint density at radius 3 is 2.47 bits per heavy atom. The molecule has 2 heterocycles. The summed E-state index contributed by atoms with van der Waals surface area (Å²) in [7, 11) is 0. The molecular weight excluding hydrogens is 488 g/mol. The molecule has 0 spiro atoms. The summed E-state index contributed by atoms with van der Waals surface area (Å²) in [4.78, 5) is 11.1. The second-order valence-electron chi connectivity index (χ2n) is 9.97. The first-order chi connectivity index (χ1) is 18.3. The number of aliphatic carboxylic acids is 1. The lowest BCUT2D eigenvalue weighted by molar-refractivity contribution is -0.137. The summed E-state index contributed by atoms with van der Waals surface area (Å²) in [5.41, 5.74) is 6.21. The minimum absolute atomic E-state index is 0.0497. The van der Waals surface area contributed by atoms with E-state index in [1.165, 1.54) is 0 Å². The summed E-state index contributed by atoms with van der Waals surface area (Å²) in [6, 6.07) is 17.7. The summed E-state index contributed by atoms with van der Waals surface area (Å²) in [6.07, 6.45) is -2.32.